The van der Waals surface area contributed by atoms with Crippen LogP contribution in [0.2, 0.25) is 5.15 Å². The lowest BCUT2D eigenvalue weighted by molar-refractivity contribution is -0.0215. The second-order valence-electron chi connectivity index (χ2n) is 7.13. The van der Waals surface area contributed by atoms with Crippen molar-refractivity contribution in [2.24, 2.45) is 7.05 Å². The van der Waals surface area contributed by atoms with Crippen LogP contribution in [0.25, 0.3) is 11.0 Å². The van der Waals surface area contributed by atoms with Crippen LogP contribution in [0.15, 0.2) is 29.1 Å². The van der Waals surface area contributed by atoms with Gasteiger partial charge in [-0.15, -0.1) is 0 Å². The van der Waals surface area contributed by atoms with Gasteiger partial charge in [-0.2, -0.15) is 5.26 Å². The van der Waals surface area contributed by atoms with Crippen molar-refractivity contribution >= 4 is 40.0 Å². The third-order valence-corrected chi connectivity index (χ3v) is 5.33. The molecule has 9 nitrogen and oxygen atoms in total. The minimum absolute atomic E-state index is 0.0417. The third-order valence-electron chi connectivity index (χ3n) is 5.06. The largest absolute Gasteiger partial charge is 0.461 e. The Labute approximate surface area is 183 Å². The van der Waals surface area contributed by atoms with Gasteiger partial charge in [0.1, 0.15) is 22.5 Å². The van der Waals surface area contributed by atoms with Crippen molar-refractivity contribution in [1.29, 1.82) is 5.26 Å². The van der Waals surface area contributed by atoms with Crippen LogP contribution < -0.4 is 11.0 Å². The van der Waals surface area contributed by atoms with E-state index < -0.39 is 11.7 Å². The van der Waals surface area contributed by atoms with Gasteiger partial charge in [-0.05, 0) is 44.5 Å². The number of hydrogen-bond donors (Lipinski definition) is 2. The van der Waals surface area contributed by atoms with Crippen LogP contribution in [0.3, 0.4) is 0 Å². The SMILES string of the molecule is CCOC(=O)c1cc(Nc2ccc3c(c2)n(C(C)(O)CC)c(=O)n3C)c(C#N)c(Cl)n1. The number of aromatic nitrogens is 3. The van der Waals surface area contributed by atoms with E-state index in [1.807, 2.05) is 6.07 Å². The van der Waals surface area contributed by atoms with E-state index in [1.54, 1.807) is 46.0 Å². The van der Waals surface area contributed by atoms with Crippen molar-refractivity contribution in [2.45, 2.75) is 32.9 Å². The quantitative estimate of drug-likeness (QED) is 0.442. The fourth-order valence-electron chi connectivity index (χ4n) is 3.23. The summed E-state index contributed by atoms with van der Waals surface area (Å²) in [6.07, 6.45) is 0.325. The first kappa shape index (κ1) is 22.3. The lowest BCUT2D eigenvalue weighted by Gasteiger charge is -2.23. The Morgan fingerprint density at radius 3 is 2.68 bits per heavy atom. The maximum atomic E-state index is 12.7. The highest BCUT2D eigenvalue weighted by Gasteiger charge is 2.26. The number of nitrogens with zero attached hydrogens (tertiary/aromatic N) is 4. The Balaban J connectivity index is 2.14. The predicted molar refractivity (Wildman–Crippen MR) is 117 cm³/mol. The van der Waals surface area contributed by atoms with E-state index in [0.29, 0.717) is 23.1 Å². The number of ether oxygens (including phenoxy) is 1. The van der Waals surface area contributed by atoms with Crippen molar-refractivity contribution in [3.05, 3.63) is 51.2 Å². The third kappa shape index (κ3) is 4.00. The maximum absolute atomic E-state index is 12.7. The number of pyridine rings is 1. The number of halogens is 1. The van der Waals surface area contributed by atoms with Crippen molar-refractivity contribution in [2.75, 3.05) is 11.9 Å². The molecule has 3 rings (SSSR count). The number of imidazole rings is 1. The van der Waals surface area contributed by atoms with E-state index in [1.165, 1.54) is 15.2 Å². The molecule has 2 N–H and O–H groups in total. The minimum atomic E-state index is -1.38. The molecule has 0 spiro atoms. The van der Waals surface area contributed by atoms with E-state index in [-0.39, 0.29) is 34.4 Å². The summed E-state index contributed by atoms with van der Waals surface area (Å²) in [5.41, 5.74) is 0.195. The van der Waals surface area contributed by atoms with Crippen molar-refractivity contribution < 1.29 is 14.6 Å². The molecule has 0 saturated heterocycles. The molecule has 0 radical (unpaired) electrons. The number of carbonyl (C=O) groups excluding carboxylic acids is 1. The van der Waals surface area contributed by atoms with Crippen LogP contribution in [-0.2, 0) is 17.5 Å². The molecule has 1 aromatic carbocycles. The molecule has 3 aromatic rings. The first-order chi connectivity index (χ1) is 14.6. The van der Waals surface area contributed by atoms with Crippen molar-refractivity contribution in [3.63, 3.8) is 0 Å². The molecule has 162 valence electrons. The summed E-state index contributed by atoms with van der Waals surface area (Å²) in [5.74, 6) is -0.664. The van der Waals surface area contributed by atoms with E-state index in [2.05, 4.69) is 10.3 Å². The van der Waals surface area contributed by atoms with Gasteiger partial charge in [0.25, 0.3) is 0 Å². The highest BCUT2D eigenvalue weighted by atomic mass is 35.5. The average molecular weight is 444 g/mol. The second-order valence-corrected chi connectivity index (χ2v) is 7.49. The molecule has 10 heteroatoms. The van der Waals surface area contributed by atoms with E-state index in [0.717, 1.165) is 0 Å². The van der Waals surface area contributed by atoms with Crippen molar-refractivity contribution in [1.82, 2.24) is 14.1 Å². The number of hydrogen-bond acceptors (Lipinski definition) is 7. The summed E-state index contributed by atoms with van der Waals surface area (Å²) in [5, 5.41) is 23.2. The van der Waals surface area contributed by atoms with Crippen molar-refractivity contribution in [3.8, 4) is 6.07 Å². The first-order valence-corrected chi connectivity index (χ1v) is 10.0. The molecule has 1 unspecified atom stereocenters. The lowest BCUT2D eigenvalue weighted by atomic mass is 10.1. The van der Waals surface area contributed by atoms with Gasteiger partial charge in [0.15, 0.2) is 5.69 Å². The van der Waals surface area contributed by atoms with Gasteiger partial charge >= 0.3 is 11.7 Å². The Hall–Kier alpha value is -3.35. The van der Waals surface area contributed by atoms with Crippen LogP contribution in [0.5, 0.6) is 0 Å². The van der Waals surface area contributed by atoms with Gasteiger partial charge in [0.05, 0.1) is 23.3 Å². The molecular formula is C21H22ClN5O4. The van der Waals surface area contributed by atoms with Gasteiger partial charge < -0.3 is 15.2 Å². The number of benzene rings is 1. The van der Waals surface area contributed by atoms with Gasteiger partial charge in [0.2, 0.25) is 0 Å². The molecule has 31 heavy (non-hydrogen) atoms. The van der Waals surface area contributed by atoms with Crippen LogP contribution >= 0.6 is 11.6 Å². The van der Waals surface area contributed by atoms with Gasteiger partial charge in [-0.25, -0.2) is 14.6 Å². The average Bonchev–Trinajstić information content (AvgIpc) is 2.98. The fraction of sp³-hybridized carbons (Fsp3) is 0.333. The Morgan fingerprint density at radius 1 is 1.35 bits per heavy atom. The summed E-state index contributed by atoms with van der Waals surface area (Å²) < 4.78 is 7.73. The van der Waals surface area contributed by atoms with Gasteiger partial charge in [-0.3, -0.25) is 9.13 Å². The molecular weight excluding hydrogens is 422 g/mol. The molecule has 1 atom stereocenters. The maximum Gasteiger partial charge on any atom is 0.357 e. The molecule has 0 aliphatic rings. The smallest absolute Gasteiger partial charge is 0.357 e. The zero-order valence-corrected chi connectivity index (χ0v) is 18.3. The predicted octanol–water partition coefficient (Wildman–Crippen LogP) is 3.26. The van der Waals surface area contributed by atoms with Crippen LogP contribution in [-0.4, -0.2) is 31.8 Å². The number of anilines is 2. The molecule has 2 heterocycles. The fourth-order valence-corrected chi connectivity index (χ4v) is 3.46. The Bertz CT molecular complexity index is 1270. The summed E-state index contributed by atoms with van der Waals surface area (Å²) in [6, 6.07) is 8.47. The number of nitrogens with one attached hydrogen (secondary N) is 1. The molecule has 0 fully saturated rings. The van der Waals surface area contributed by atoms with Crippen LogP contribution in [0.4, 0.5) is 11.4 Å². The molecule has 0 bridgehead atoms. The zero-order chi connectivity index (χ0) is 22.9. The standard InChI is InChI=1S/C21H22ClN5O4/c1-5-21(3,30)27-17-9-12(7-8-16(17)26(4)20(27)29)24-14-10-15(19(28)31-6-2)25-18(22)13(14)11-23/h7-10,30H,5-6H2,1-4H3,(H,24,25). The van der Waals surface area contributed by atoms with Gasteiger partial charge in [-0.1, -0.05) is 18.5 Å². The van der Waals surface area contributed by atoms with E-state index in [4.69, 9.17) is 16.3 Å². The monoisotopic (exact) mass is 443 g/mol. The normalized spacial score (nSPS) is 12.9. The highest BCUT2D eigenvalue weighted by Crippen LogP contribution is 2.29. The number of aryl methyl sites for hydroxylation is 1. The highest BCUT2D eigenvalue weighted by molar-refractivity contribution is 6.31. The Morgan fingerprint density at radius 2 is 2.06 bits per heavy atom. The minimum Gasteiger partial charge on any atom is -0.461 e. The first-order valence-electron chi connectivity index (χ1n) is 9.63. The van der Waals surface area contributed by atoms with Crippen LogP contribution in [0, 0.1) is 11.3 Å². The molecule has 0 saturated carbocycles. The van der Waals surface area contributed by atoms with E-state index in [9.17, 15) is 20.0 Å². The summed E-state index contributed by atoms with van der Waals surface area (Å²) in [6.45, 7) is 5.18. The molecule has 0 aliphatic carbocycles. The zero-order valence-electron chi connectivity index (χ0n) is 17.6. The van der Waals surface area contributed by atoms with E-state index >= 15 is 0 Å². The molecule has 0 amide bonds. The number of nitriles is 1. The summed E-state index contributed by atoms with van der Waals surface area (Å²) >= 11 is 6.10. The second kappa shape index (κ2) is 8.41. The molecule has 2 aromatic heterocycles. The number of esters is 1. The number of carbonyl (C=O) groups is 1. The van der Waals surface area contributed by atoms with Crippen LogP contribution in [0.1, 0.15) is 43.2 Å². The number of fused-ring (bicyclic) bond motifs is 1. The summed E-state index contributed by atoms with van der Waals surface area (Å²) in [7, 11) is 1.63. The van der Waals surface area contributed by atoms with Gasteiger partial charge in [0, 0.05) is 12.7 Å². The number of rotatable bonds is 6. The molecule has 0 aliphatic heterocycles. The lowest BCUT2D eigenvalue weighted by Crippen LogP contribution is -2.38. The summed E-state index contributed by atoms with van der Waals surface area (Å²) in [4.78, 5) is 28.7. The number of aliphatic hydroxyl groups is 1. The topological polar surface area (TPSA) is 122 Å². The Kier molecular flexibility index (Phi) is 6.06.